The van der Waals surface area contributed by atoms with Gasteiger partial charge in [0.25, 0.3) is 0 Å². The topological polar surface area (TPSA) is 24.9 Å². The molecular weight excluding hydrogens is 403 g/mol. The normalized spacial score (nSPS) is 12.4. The first kappa shape index (κ1) is 16.0. The Morgan fingerprint density at radius 1 is 1.30 bits per heavy atom. The van der Waals surface area contributed by atoms with Crippen molar-refractivity contribution in [3.8, 4) is 0 Å². The lowest BCUT2D eigenvalue weighted by Crippen LogP contribution is -2.21. The third kappa shape index (κ3) is 4.29. The zero-order valence-electron chi connectivity index (χ0n) is 11.0. The molecule has 106 valence electrons. The van der Waals surface area contributed by atoms with Crippen LogP contribution in [0.25, 0.3) is 0 Å². The van der Waals surface area contributed by atoms with Crippen molar-refractivity contribution in [1.29, 1.82) is 0 Å². The highest BCUT2D eigenvalue weighted by Crippen LogP contribution is 2.23. The molecule has 0 saturated carbocycles. The Morgan fingerprint density at radius 2 is 2.10 bits per heavy atom. The largest absolute Gasteiger partial charge is 0.304 e. The first-order chi connectivity index (χ1) is 9.60. The van der Waals surface area contributed by atoms with Crippen molar-refractivity contribution in [2.24, 2.45) is 0 Å². The van der Waals surface area contributed by atoms with Crippen LogP contribution >= 0.6 is 43.5 Å². The second kappa shape index (κ2) is 7.55. The maximum atomic E-state index is 6.05. The highest BCUT2D eigenvalue weighted by atomic mass is 79.9. The van der Waals surface area contributed by atoms with Gasteiger partial charge in [0.05, 0.1) is 5.69 Å². The van der Waals surface area contributed by atoms with E-state index in [1.807, 2.05) is 30.5 Å². The molecular formula is C15H15Br2ClN2. The van der Waals surface area contributed by atoms with E-state index in [4.69, 9.17) is 11.6 Å². The molecule has 2 rings (SSSR count). The monoisotopic (exact) mass is 416 g/mol. The van der Waals surface area contributed by atoms with Gasteiger partial charge >= 0.3 is 0 Å². The molecule has 1 aromatic heterocycles. The summed E-state index contributed by atoms with van der Waals surface area (Å²) in [4.78, 5) is 4.41. The zero-order valence-corrected chi connectivity index (χ0v) is 15.0. The van der Waals surface area contributed by atoms with E-state index >= 15 is 0 Å². The van der Waals surface area contributed by atoms with Gasteiger partial charge in [-0.05, 0) is 62.0 Å². The van der Waals surface area contributed by atoms with Gasteiger partial charge in [0, 0.05) is 32.8 Å². The molecule has 0 saturated heterocycles. The molecule has 20 heavy (non-hydrogen) atoms. The summed E-state index contributed by atoms with van der Waals surface area (Å²) in [5.41, 5.74) is 2.20. The summed E-state index contributed by atoms with van der Waals surface area (Å²) < 4.78 is 1.97. The first-order valence-electron chi connectivity index (χ1n) is 6.39. The van der Waals surface area contributed by atoms with Crippen LogP contribution in [0.15, 0.2) is 45.5 Å². The number of benzene rings is 1. The fraction of sp³-hybridized carbons (Fsp3) is 0.267. The van der Waals surface area contributed by atoms with Gasteiger partial charge in [0.1, 0.15) is 0 Å². The van der Waals surface area contributed by atoms with Crippen molar-refractivity contribution in [1.82, 2.24) is 10.3 Å². The fourth-order valence-corrected chi connectivity index (χ4v) is 3.34. The smallest absolute Gasteiger partial charge is 0.0684 e. The van der Waals surface area contributed by atoms with Crippen molar-refractivity contribution >= 4 is 43.5 Å². The van der Waals surface area contributed by atoms with E-state index < -0.39 is 0 Å². The molecule has 0 fully saturated rings. The number of pyridine rings is 1. The van der Waals surface area contributed by atoms with E-state index in [1.54, 1.807) is 0 Å². The minimum atomic E-state index is 0.269. The van der Waals surface area contributed by atoms with Crippen LogP contribution in [0.4, 0.5) is 0 Å². The average molecular weight is 419 g/mol. The number of nitrogens with one attached hydrogen (secondary N) is 1. The standard InChI is InChI=1S/C15H15Br2ClN2/c1-2-14(10-4-3-5-12(18)6-10)20-9-15-13(17)7-11(16)8-19-15/h3-8,14,20H,2,9H2,1H3. The molecule has 1 heterocycles. The molecule has 5 heteroatoms. The van der Waals surface area contributed by atoms with Crippen molar-refractivity contribution in [2.75, 3.05) is 0 Å². The zero-order chi connectivity index (χ0) is 14.5. The second-order valence-electron chi connectivity index (χ2n) is 4.48. The summed E-state index contributed by atoms with van der Waals surface area (Å²) in [6.07, 6.45) is 2.80. The van der Waals surface area contributed by atoms with Crippen LogP contribution in [-0.4, -0.2) is 4.98 Å². The molecule has 0 radical (unpaired) electrons. The lowest BCUT2D eigenvalue weighted by molar-refractivity contribution is 0.513. The number of aromatic nitrogens is 1. The van der Waals surface area contributed by atoms with E-state index in [-0.39, 0.29) is 6.04 Å². The van der Waals surface area contributed by atoms with Crippen LogP contribution in [0.5, 0.6) is 0 Å². The molecule has 1 aromatic carbocycles. The minimum Gasteiger partial charge on any atom is -0.304 e. The van der Waals surface area contributed by atoms with Crippen LogP contribution < -0.4 is 5.32 Å². The van der Waals surface area contributed by atoms with Crippen LogP contribution in [0, 0.1) is 0 Å². The van der Waals surface area contributed by atoms with Crippen LogP contribution in [0.1, 0.15) is 30.6 Å². The number of hydrogen-bond acceptors (Lipinski definition) is 2. The number of rotatable bonds is 5. The van der Waals surface area contributed by atoms with Crippen LogP contribution in [0.3, 0.4) is 0 Å². The van der Waals surface area contributed by atoms with Gasteiger partial charge in [-0.2, -0.15) is 0 Å². The second-order valence-corrected chi connectivity index (χ2v) is 6.69. The Balaban J connectivity index is 2.07. The van der Waals surface area contributed by atoms with Gasteiger partial charge in [-0.1, -0.05) is 30.7 Å². The molecule has 1 atom stereocenters. The van der Waals surface area contributed by atoms with Crippen molar-refractivity contribution < 1.29 is 0 Å². The summed E-state index contributed by atoms with van der Waals surface area (Å²) in [5, 5.41) is 4.29. The van der Waals surface area contributed by atoms with Gasteiger partial charge in [-0.15, -0.1) is 0 Å². The summed E-state index contributed by atoms with van der Waals surface area (Å²) in [7, 11) is 0. The molecule has 1 unspecified atom stereocenters. The quantitative estimate of drug-likeness (QED) is 0.693. The van der Waals surface area contributed by atoms with Gasteiger partial charge in [0.15, 0.2) is 0 Å². The maximum absolute atomic E-state index is 6.05. The predicted octanol–water partition coefficient (Wildman–Crippen LogP) is 5.50. The van der Waals surface area contributed by atoms with E-state index in [2.05, 4.69) is 55.2 Å². The fourth-order valence-electron chi connectivity index (χ4n) is 2.01. The molecule has 2 nitrogen and oxygen atoms in total. The van der Waals surface area contributed by atoms with E-state index in [1.165, 1.54) is 5.56 Å². The average Bonchev–Trinajstić information content (AvgIpc) is 2.41. The molecule has 1 N–H and O–H groups in total. The van der Waals surface area contributed by atoms with E-state index in [0.29, 0.717) is 6.54 Å². The number of hydrogen-bond donors (Lipinski definition) is 1. The molecule has 0 spiro atoms. The maximum Gasteiger partial charge on any atom is 0.0684 e. The van der Waals surface area contributed by atoms with Crippen molar-refractivity contribution in [3.05, 3.63) is 61.8 Å². The number of nitrogens with zero attached hydrogens (tertiary/aromatic N) is 1. The van der Waals surface area contributed by atoms with Crippen LogP contribution in [0.2, 0.25) is 5.02 Å². The Kier molecular flexibility index (Phi) is 6.02. The van der Waals surface area contributed by atoms with Crippen molar-refractivity contribution in [2.45, 2.75) is 25.9 Å². The molecule has 0 aliphatic carbocycles. The Bertz CT molecular complexity index is 590. The van der Waals surface area contributed by atoms with Crippen LogP contribution in [-0.2, 0) is 6.54 Å². The number of halogens is 3. The summed E-state index contributed by atoms with van der Waals surface area (Å²) in [5.74, 6) is 0. The molecule has 0 bridgehead atoms. The van der Waals surface area contributed by atoms with E-state index in [9.17, 15) is 0 Å². The Hall–Kier alpha value is -0.420. The molecule has 0 aliphatic rings. The summed E-state index contributed by atoms with van der Waals surface area (Å²) >= 11 is 13.0. The SMILES string of the molecule is CCC(NCc1ncc(Br)cc1Br)c1cccc(Cl)c1. The highest BCUT2D eigenvalue weighted by molar-refractivity contribution is 9.11. The lowest BCUT2D eigenvalue weighted by atomic mass is 10.0. The highest BCUT2D eigenvalue weighted by Gasteiger charge is 2.10. The lowest BCUT2D eigenvalue weighted by Gasteiger charge is -2.18. The van der Waals surface area contributed by atoms with Gasteiger partial charge in [-0.3, -0.25) is 4.98 Å². The predicted molar refractivity (Wildman–Crippen MR) is 91.0 cm³/mol. The third-order valence-electron chi connectivity index (χ3n) is 3.06. The molecule has 0 amide bonds. The van der Waals surface area contributed by atoms with Gasteiger partial charge in [-0.25, -0.2) is 0 Å². The summed E-state index contributed by atoms with van der Waals surface area (Å²) in [6, 6.07) is 10.3. The van der Waals surface area contributed by atoms with Gasteiger partial charge < -0.3 is 5.32 Å². The third-order valence-corrected chi connectivity index (χ3v) is 4.41. The molecule has 0 aliphatic heterocycles. The van der Waals surface area contributed by atoms with E-state index in [0.717, 1.165) is 26.1 Å². The molecule has 2 aromatic rings. The van der Waals surface area contributed by atoms with Gasteiger partial charge in [0.2, 0.25) is 0 Å². The minimum absolute atomic E-state index is 0.269. The Morgan fingerprint density at radius 3 is 2.75 bits per heavy atom. The first-order valence-corrected chi connectivity index (χ1v) is 8.35. The van der Waals surface area contributed by atoms with Crippen molar-refractivity contribution in [3.63, 3.8) is 0 Å². The summed E-state index contributed by atoms with van der Waals surface area (Å²) in [6.45, 7) is 2.86. The Labute approximate surface area is 141 Å².